The number of benzene rings is 1. The molecular weight excluding hydrogens is 249 g/mol. The molecule has 1 amide bonds. The zero-order chi connectivity index (χ0) is 13.8. The summed E-state index contributed by atoms with van der Waals surface area (Å²) in [5.74, 6) is -0.882. The molecule has 0 bridgehead atoms. The van der Waals surface area contributed by atoms with E-state index in [1.807, 2.05) is 6.07 Å². The van der Waals surface area contributed by atoms with Gasteiger partial charge in [0, 0.05) is 13.1 Å². The van der Waals surface area contributed by atoms with Gasteiger partial charge in [-0.1, -0.05) is 0 Å². The predicted molar refractivity (Wildman–Crippen MR) is 65.3 cm³/mol. The fraction of sp³-hybridized carbons (Fsp3) is 0.385. The minimum atomic E-state index is -0.538. The summed E-state index contributed by atoms with van der Waals surface area (Å²) in [6, 6.07) is 5.47. The first-order chi connectivity index (χ1) is 9.11. The van der Waals surface area contributed by atoms with Gasteiger partial charge in [-0.25, -0.2) is 4.39 Å². The minimum Gasteiger partial charge on any atom is -0.378 e. The number of morpholine rings is 1. The largest absolute Gasteiger partial charge is 0.378 e. The zero-order valence-electron chi connectivity index (χ0n) is 10.3. The molecule has 1 atom stereocenters. The van der Waals surface area contributed by atoms with E-state index in [1.165, 1.54) is 18.2 Å². The van der Waals surface area contributed by atoms with Crippen LogP contribution in [0.4, 0.5) is 4.39 Å². The lowest BCUT2D eigenvalue weighted by Crippen LogP contribution is -2.51. The summed E-state index contributed by atoms with van der Waals surface area (Å²) in [4.78, 5) is 13.1. The third-order valence-corrected chi connectivity index (χ3v) is 3.13. The molecule has 0 radical (unpaired) electrons. The summed E-state index contributed by atoms with van der Waals surface area (Å²) in [5, 5.41) is 9.01. The second kappa shape index (κ2) is 5.78. The summed E-state index contributed by atoms with van der Waals surface area (Å²) in [5.41, 5.74) is 6.26. The first-order valence-corrected chi connectivity index (χ1v) is 5.91. The molecule has 1 aromatic rings. The maximum Gasteiger partial charge on any atom is 0.237 e. The van der Waals surface area contributed by atoms with E-state index < -0.39 is 17.8 Å². The van der Waals surface area contributed by atoms with Crippen LogP contribution in [0.15, 0.2) is 18.2 Å². The number of nitriles is 1. The zero-order valence-corrected chi connectivity index (χ0v) is 10.3. The lowest BCUT2D eigenvalue weighted by Gasteiger charge is -2.33. The van der Waals surface area contributed by atoms with Gasteiger partial charge in [0.15, 0.2) is 0 Å². The van der Waals surface area contributed by atoms with E-state index in [0.29, 0.717) is 30.8 Å². The van der Waals surface area contributed by atoms with E-state index >= 15 is 0 Å². The van der Waals surface area contributed by atoms with E-state index in [9.17, 15) is 9.18 Å². The van der Waals surface area contributed by atoms with E-state index in [-0.39, 0.29) is 6.61 Å². The van der Waals surface area contributed by atoms with E-state index in [2.05, 4.69) is 0 Å². The number of rotatable bonds is 3. The molecule has 1 aromatic carbocycles. The topological polar surface area (TPSA) is 79.3 Å². The molecule has 19 heavy (non-hydrogen) atoms. The number of nitrogens with two attached hydrogens (primary N) is 1. The number of hydrogen-bond acceptors (Lipinski definition) is 4. The number of ether oxygens (including phenoxy) is 1. The van der Waals surface area contributed by atoms with Crippen LogP contribution in [-0.4, -0.2) is 36.6 Å². The number of nitrogens with zero attached hydrogens (tertiary/aromatic N) is 2. The molecule has 0 aliphatic carbocycles. The number of amides is 1. The van der Waals surface area contributed by atoms with Gasteiger partial charge in [-0.15, -0.1) is 0 Å². The number of primary amides is 1. The summed E-state index contributed by atoms with van der Waals surface area (Å²) >= 11 is 0. The molecule has 5 nitrogen and oxygen atoms in total. The van der Waals surface area contributed by atoms with Crippen molar-refractivity contribution in [2.24, 2.45) is 5.73 Å². The maximum absolute atomic E-state index is 13.2. The van der Waals surface area contributed by atoms with E-state index in [0.717, 1.165) is 0 Å². The Labute approximate surface area is 110 Å². The Morgan fingerprint density at radius 1 is 1.63 bits per heavy atom. The number of hydrogen-bond donors (Lipinski definition) is 1. The van der Waals surface area contributed by atoms with E-state index in [1.54, 1.807) is 4.90 Å². The molecule has 6 heteroatoms. The first kappa shape index (κ1) is 13.5. The third kappa shape index (κ3) is 3.08. The monoisotopic (exact) mass is 263 g/mol. The molecule has 0 aromatic heterocycles. The highest BCUT2D eigenvalue weighted by Gasteiger charge is 2.28. The number of carbonyl (C=O) groups is 1. The average molecular weight is 263 g/mol. The Kier molecular flexibility index (Phi) is 4.10. The van der Waals surface area contributed by atoms with Gasteiger partial charge in [0.25, 0.3) is 0 Å². The van der Waals surface area contributed by atoms with Gasteiger partial charge in [-0.3, -0.25) is 9.69 Å². The SMILES string of the molecule is N#Cc1ccc(F)cc1CN1CCOCC1C(N)=O. The van der Waals surface area contributed by atoms with Gasteiger partial charge in [0.1, 0.15) is 11.9 Å². The molecule has 1 unspecified atom stereocenters. The summed E-state index contributed by atoms with van der Waals surface area (Å²) in [6.07, 6.45) is 0. The highest BCUT2D eigenvalue weighted by atomic mass is 19.1. The molecule has 0 saturated carbocycles. The van der Waals surface area contributed by atoms with Gasteiger partial charge in [0.05, 0.1) is 24.8 Å². The Morgan fingerprint density at radius 2 is 2.42 bits per heavy atom. The summed E-state index contributed by atoms with van der Waals surface area (Å²) in [6.45, 7) is 1.54. The highest BCUT2D eigenvalue weighted by molar-refractivity contribution is 5.80. The van der Waals surface area contributed by atoms with Crippen LogP contribution in [-0.2, 0) is 16.1 Å². The van der Waals surface area contributed by atoms with Crippen LogP contribution in [0.25, 0.3) is 0 Å². The van der Waals surface area contributed by atoms with Gasteiger partial charge < -0.3 is 10.5 Å². The van der Waals surface area contributed by atoms with Crippen LogP contribution in [0, 0.1) is 17.1 Å². The van der Waals surface area contributed by atoms with Gasteiger partial charge in [-0.05, 0) is 23.8 Å². The molecule has 1 saturated heterocycles. The third-order valence-electron chi connectivity index (χ3n) is 3.13. The fourth-order valence-corrected chi connectivity index (χ4v) is 2.11. The quantitative estimate of drug-likeness (QED) is 0.855. The molecule has 0 spiro atoms. The van der Waals surface area contributed by atoms with Crippen molar-refractivity contribution in [2.45, 2.75) is 12.6 Å². The van der Waals surface area contributed by atoms with Gasteiger partial charge in [-0.2, -0.15) is 5.26 Å². The van der Waals surface area contributed by atoms with Crippen LogP contribution in [0.3, 0.4) is 0 Å². The predicted octanol–water partition coefficient (Wildman–Crippen LogP) is 0.383. The molecule has 2 rings (SSSR count). The van der Waals surface area contributed by atoms with Crippen molar-refractivity contribution in [3.05, 3.63) is 35.1 Å². The number of halogens is 1. The van der Waals surface area contributed by atoms with E-state index in [4.69, 9.17) is 15.7 Å². The van der Waals surface area contributed by atoms with Gasteiger partial charge in [0.2, 0.25) is 5.91 Å². The number of carbonyl (C=O) groups excluding carboxylic acids is 1. The highest BCUT2D eigenvalue weighted by Crippen LogP contribution is 2.16. The van der Waals surface area contributed by atoms with Crippen LogP contribution in [0.1, 0.15) is 11.1 Å². The standard InChI is InChI=1S/C13H14FN3O2/c14-11-2-1-9(6-15)10(5-11)7-17-3-4-19-8-12(17)13(16)18/h1-2,5,12H,3-4,7-8H2,(H2,16,18). The average Bonchev–Trinajstić information content (AvgIpc) is 2.39. The minimum absolute atomic E-state index is 0.229. The van der Waals surface area contributed by atoms with Crippen molar-refractivity contribution in [1.82, 2.24) is 4.90 Å². The Balaban J connectivity index is 2.22. The van der Waals surface area contributed by atoms with Crippen LogP contribution >= 0.6 is 0 Å². The second-order valence-corrected chi connectivity index (χ2v) is 4.38. The van der Waals surface area contributed by atoms with Crippen molar-refractivity contribution < 1.29 is 13.9 Å². The first-order valence-electron chi connectivity index (χ1n) is 5.91. The van der Waals surface area contributed by atoms with Gasteiger partial charge >= 0.3 is 0 Å². The lowest BCUT2D eigenvalue weighted by molar-refractivity contribution is -0.129. The second-order valence-electron chi connectivity index (χ2n) is 4.38. The Hall–Kier alpha value is -1.97. The molecule has 1 aliphatic rings. The van der Waals surface area contributed by atoms with Crippen molar-refractivity contribution >= 4 is 5.91 Å². The van der Waals surface area contributed by atoms with Crippen LogP contribution < -0.4 is 5.73 Å². The molecule has 2 N–H and O–H groups in total. The van der Waals surface area contributed by atoms with Crippen molar-refractivity contribution in [3.8, 4) is 6.07 Å². The lowest BCUT2D eigenvalue weighted by atomic mass is 10.1. The summed E-state index contributed by atoms with van der Waals surface area (Å²) in [7, 11) is 0. The Bertz CT molecular complexity index is 527. The smallest absolute Gasteiger partial charge is 0.237 e. The molecule has 1 aliphatic heterocycles. The van der Waals surface area contributed by atoms with Crippen LogP contribution in [0.2, 0.25) is 0 Å². The maximum atomic E-state index is 13.2. The van der Waals surface area contributed by atoms with Crippen molar-refractivity contribution in [3.63, 3.8) is 0 Å². The fourth-order valence-electron chi connectivity index (χ4n) is 2.11. The Morgan fingerprint density at radius 3 is 3.11 bits per heavy atom. The summed E-state index contributed by atoms with van der Waals surface area (Å²) < 4.78 is 18.5. The van der Waals surface area contributed by atoms with Crippen LogP contribution in [0.5, 0.6) is 0 Å². The molecule has 100 valence electrons. The normalized spacial score (nSPS) is 19.9. The van der Waals surface area contributed by atoms with Crippen molar-refractivity contribution in [1.29, 1.82) is 5.26 Å². The van der Waals surface area contributed by atoms with Crippen molar-refractivity contribution in [2.75, 3.05) is 19.8 Å². The molecule has 1 heterocycles. The molecule has 1 fully saturated rings. The molecular formula is C13H14FN3O2.